The summed E-state index contributed by atoms with van der Waals surface area (Å²) in [5.74, 6) is 0. The van der Waals surface area contributed by atoms with Crippen molar-refractivity contribution in [3.05, 3.63) is 60.2 Å². The Morgan fingerprint density at radius 1 is 1.39 bits per heavy atom. The van der Waals surface area contributed by atoms with Gasteiger partial charge in [-0.2, -0.15) is 5.26 Å². The summed E-state index contributed by atoms with van der Waals surface area (Å²) >= 11 is 1.63. The number of rotatable bonds is 3. The van der Waals surface area contributed by atoms with E-state index in [1.54, 1.807) is 34.2 Å². The Balaban J connectivity index is 1.97. The number of aromatic nitrogens is 3. The maximum absolute atomic E-state index is 12.5. The number of aryl methyl sites for hydroxylation is 4. The lowest BCUT2D eigenvalue weighted by atomic mass is 10.2. The highest BCUT2D eigenvalue weighted by molar-refractivity contribution is 7.11. The van der Waals surface area contributed by atoms with Gasteiger partial charge in [-0.15, -0.1) is 11.3 Å². The minimum absolute atomic E-state index is 0.0569. The number of H-pyrrole nitrogens is 1. The smallest absolute Gasteiger partial charge is 0.266 e. The molecule has 0 aromatic carbocycles. The lowest BCUT2D eigenvalue weighted by Gasteiger charge is -2.06. The maximum Gasteiger partial charge on any atom is 0.266 e. The molecule has 0 aliphatic heterocycles. The van der Waals surface area contributed by atoms with Crippen LogP contribution in [-0.2, 0) is 13.0 Å². The van der Waals surface area contributed by atoms with Gasteiger partial charge in [0.1, 0.15) is 11.6 Å². The largest absolute Gasteiger partial charge is 0.321 e. The van der Waals surface area contributed by atoms with Crippen LogP contribution < -0.4 is 11.1 Å². The Kier molecular flexibility index (Phi) is 3.84. The van der Waals surface area contributed by atoms with Crippen LogP contribution in [0.15, 0.2) is 27.9 Å². The first kappa shape index (κ1) is 15.2. The van der Waals surface area contributed by atoms with E-state index in [0.717, 1.165) is 10.7 Å². The Hall–Kier alpha value is -2.72. The zero-order valence-electron chi connectivity index (χ0n) is 12.7. The first-order valence-electron chi connectivity index (χ1n) is 7.09. The predicted molar refractivity (Wildman–Crippen MR) is 88.8 cm³/mol. The monoisotopic (exact) mass is 326 g/mol. The number of hydrogen-bond acceptors (Lipinski definition) is 5. The third-order valence-corrected chi connectivity index (χ3v) is 4.88. The van der Waals surface area contributed by atoms with Gasteiger partial charge in [-0.3, -0.25) is 9.59 Å². The van der Waals surface area contributed by atoms with E-state index < -0.39 is 5.56 Å². The fourth-order valence-electron chi connectivity index (χ4n) is 2.36. The number of aromatic amines is 1. The van der Waals surface area contributed by atoms with Crippen LogP contribution in [0, 0.1) is 25.2 Å². The van der Waals surface area contributed by atoms with Gasteiger partial charge in [0.2, 0.25) is 0 Å². The van der Waals surface area contributed by atoms with E-state index in [-0.39, 0.29) is 11.1 Å². The molecule has 0 saturated carbocycles. The summed E-state index contributed by atoms with van der Waals surface area (Å²) in [5, 5.41) is 10.3. The minimum atomic E-state index is -0.481. The average Bonchev–Trinajstić information content (AvgIpc) is 2.85. The van der Waals surface area contributed by atoms with Crippen LogP contribution in [-0.4, -0.2) is 14.5 Å². The SMILES string of the molecule is Cc1nc(CCn2ccc3[nH]c(=O)c(C#N)cc3c2=O)sc1C. The van der Waals surface area contributed by atoms with Crippen LogP contribution in [0.25, 0.3) is 10.9 Å². The number of thiazole rings is 1. The standard InChI is InChI=1S/C16H14N4O2S/c1-9-10(2)23-14(18-9)4-6-20-5-3-13-12(16(20)22)7-11(8-17)15(21)19-13/h3,5,7H,4,6H2,1-2H3,(H,19,21). The molecule has 0 atom stereocenters. The molecule has 3 aromatic rings. The molecule has 0 saturated heterocycles. The van der Waals surface area contributed by atoms with E-state index in [4.69, 9.17) is 5.26 Å². The molecule has 3 heterocycles. The van der Waals surface area contributed by atoms with Crippen molar-refractivity contribution in [3.8, 4) is 6.07 Å². The fraction of sp³-hybridized carbons (Fsp3) is 0.250. The Morgan fingerprint density at radius 2 is 2.17 bits per heavy atom. The second-order valence-electron chi connectivity index (χ2n) is 5.26. The predicted octanol–water partition coefficient (Wildman–Crippen LogP) is 1.88. The molecule has 23 heavy (non-hydrogen) atoms. The maximum atomic E-state index is 12.5. The van der Waals surface area contributed by atoms with E-state index in [2.05, 4.69) is 9.97 Å². The van der Waals surface area contributed by atoms with Crippen molar-refractivity contribution >= 4 is 22.2 Å². The van der Waals surface area contributed by atoms with Crippen LogP contribution >= 0.6 is 11.3 Å². The van der Waals surface area contributed by atoms with Crippen molar-refractivity contribution in [1.82, 2.24) is 14.5 Å². The number of nitrogens with one attached hydrogen (secondary N) is 1. The second kappa shape index (κ2) is 5.82. The summed E-state index contributed by atoms with van der Waals surface area (Å²) in [5.41, 5.74) is 0.702. The molecular formula is C16H14N4O2S. The molecule has 116 valence electrons. The summed E-state index contributed by atoms with van der Waals surface area (Å²) in [6.45, 7) is 4.50. The fourth-order valence-corrected chi connectivity index (χ4v) is 3.28. The summed E-state index contributed by atoms with van der Waals surface area (Å²) in [6.07, 6.45) is 2.32. The van der Waals surface area contributed by atoms with Crippen molar-refractivity contribution < 1.29 is 0 Å². The van der Waals surface area contributed by atoms with E-state index in [1.165, 1.54) is 10.9 Å². The molecule has 0 amide bonds. The zero-order valence-corrected chi connectivity index (χ0v) is 13.5. The summed E-state index contributed by atoms with van der Waals surface area (Å²) in [4.78, 5) is 32.3. The highest BCUT2D eigenvalue weighted by Gasteiger charge is 2.09. The quantitative estimate of drug-likeness (QED) is 0.795. The molecule has 0 bridgehead atoms. The normalized spacial score (nSPS) is 10.8. The van der Waals surface area contributed by atoms with Gasteiger partial charge in [0.25, 0.3) is 11.1 Å². The van der Waals surface area contributed by atoms with Crippen molar-refractivity contribution in [3.63, 3.8) is 0 Å². The Morgan fingerprint density at radius 3 is 2.83 bits per heavy atom. The highest BCUT2D eigenvalue weighted by Crippen LogP contribution is 2.17. The van der Waals surface area contributed by atoms with E-state index in [1.807, 2.05) is 13.8 Å². The van der Waals surface area contributed by atoms with E-state index >= 15 is 0 Å². The molecule has 7 heteroatoms. The van der Waals surface area contributed by atoms with Crippen LogP contribution in [0.5, 0.6) is 0 Å². The van der Waals surface area contributed by atoms with Crippen molar-refractivity contribution in [2.45, 2.75) is 26.8 Å². The summed E-state index contributed by atoms with van der Waals surface area (Å²) in [6, 6.07) is 4.83. The van der Waals surface area contributed by atoms with Gasteiger partial charge in [-0.25, -0.2) is 4.98 Å². The number of nitriles is 1. The molecule has 0 aliphatic carbocycles. The highest BCUT2D eigenvalue weighted by atomic mass is 32.1. The molecule has 3 rings (SSSR count). The molecule has 0 fully saturated rings. The third kappa shape index (κ3) is 2.81. The Bertz CT molecular complexity index is 1030. The van der Waals surface area contributed by atoms with E-state index in [9.17, 15) is 9.59 Å². The van der Waals surface area contributed by atoms with Crippen LogP contribution in [0.4, 0.5) is 0 Å². The number of hydrogen-bond donors (Lipinski definition) is 1. The van der Waals surface area contributed by atoms with Gasteiger partial charge < -0.3 is 9.55 Å². The molecule has 0 radical (unpaired) electrons. The number of fused-ring (bicyclic) bond motifs is 1. The lowest BCUT2D eigenvalue weighted by molar-refractivity contribution is 0.672. The first-order chi connectivity index (χ1) is 11.0. The molecule has 3 aromatic heterocycles. The molecule has 6 nitrogen and oxygen atoms in total. The molecular weight excluding hydrogens is 312 g/mol. The number of pyridine rings is 2. The molecule has 1 N–H and O–H groups in total. The van der Waals surface area contributed by atoms with Gasteiger partial charge in [0.05, 0.1) is 21.6 Å². The minimum Gasteiger partial charge on any atom is -0.321 e. The molecule has 0 aliphatic rings. The lowest BCUT2D eigenvalue weighted by Crippen LogP contribution is -2.22. The molecule has 0 spiro atoms. The Labute approximate surface area is 135 Å². The summed E-state index contributed by atoms with van der Waals surface area (Å²) < 4.78 is 1.58. The number of nitrogens with zero attached hydrogens (tertiary/aromatic N) is 3. The summed E-state index contributed by atoms with van der Waals surface area (Å²) in [7, 11) is 0. The van der Waals surface area contributed by atoms with Crippen LogP contribution in [0.1, 0.15) is 21.1 Å². The molecule has 0 unspecified atom stereocenters. The van der Waals surface area contributed by atoms with Gasteiger partial charge in [0, 0.05) is 24.0 Å². The van der Waals surface area contributed by atoms with E-state index in [0.29, 0.717) is 23.9 Å². The first-order valence-corrected chi connectivity index (χ1v) is 7.90. The second-order valence-corrected chi connectivity index (χ2v) is 6.55. The van der Waals surface area contributed by atoms with Gasteiger partial charge in [-0.1, -0.05) is 0 Å². The average molecular weight is 326 g/mol. The zero-order chi connectivity index (χ0) is 16.6. The van der Waals surface area contributed by atoms with Crippen molar-refractivity contribution in [2.24, 2.45) is 0 Å². The van der Waals surface area contributed by atoms with Gasteiger partial charge in [0.15, 0.2) is 0 Å². The van der Waals surface area contributed by atoms with Gasteiger partial charge >= 0.3 is 0 Å². The van der Waals surface area contributed by atoms with Crippen molar-refractivity contribution in [1.29, 1.82) is 5.26 Å². The van der Waals surface area contributed by atoms with Crippen molar-refractivity contribution in [2.75, 3.05) is 0 Å². The third-order valence-electron chi connectivity index (χ3n) is 3.74. The van der Waals surface area contributed by atoms with Gasteiger partial charge in [-0.05, 0) is 26.0 Å². The van der Waals surface area contributed by atoms with Crippen LogP contribution in [0.2, 0.25) is 0 Å². The topological polar surface area (TPSA) is 91.5 Å². The van der Waals surface area contributed by atoms with Crippen LogP contribution in [0.3, 0.4) is 0 Å².